The highest BCUT2D eigenvalue weighted by Crippen LogP contribution is 2.42. The Labute approximate surface area is 121 Å². The van der Waals surface area contributed by atoms with Gasteiger partial charge < -0.3 is 4.74 Å². The van der Waals surface area contributed by atoms with Gasteiger partial charge >= 0.3 is 0 Å². The lowest BCUT2D eigenvalue weighted by atomic mass is 10.0. The van der Waals surface area contributed by atoms with Gasteiger partial charge in [-0.1, -0.05) is 6.07 Å². The highest BCUT2D eigenvalue weighted by molar-refractivity contribution is 5.38. The predicted molar refractivity (Wildman–Crippen MR) is 73.8 cm³/mol. The number of halogens is 2. The highest BCUT2D eigenvalue weighted by Gasteiger charge is 2.43. The van der Waals surface area contributed by atoms with Gasteiger partial charge in [0.15, 0.2) is 0 Å². The summed E-state index contributed by atoms with van der Waals surface area (Å²) in [7, 11) is 0. The van der Waals surface area contributed by atoms with Crippen LogP contribution in [0.1, 0.15) is 25.7 Å². The molecule has 0 saturated heterocycles. The molecule has 1 aliphatic carbocycles. The van der Waals surface area contributed by atoms with E-state index in [1.54, 1.807) is 11.0 Å². The molecular formula is C15H17F2N3O. The lowest BCUT2D eigenvalue weighted by Gasteiger charge is -2.18. The smallest absolute Gasteiger partial charge is 0.251 e. The number of hydrogen-bond donors (Lipinski definition) is 0. The molecule has 1 aliphatic rings. The summed E-state index contributed by atoms with van der Waals surface area (Å²) in [6.45, 7) is 0.307. The molecule has 1 fully saturated rings. The average molecular weight is 293 g/mol. The zero-order chi connectivity index (χ0) is 14.7. The van der Waals surface area contributed by atoms with E-state index in [-0.39, 0.29) is 6.42 Å². The maximum Gasteiger partial charge on any atom is 0.251 e. The zero-order valence-electron chi connectivity index (χ0n) is 11.6. The minimum Gasteiger partial charge on any atom is -0.494 e. The molecule has 1 heterocycles. The molecule has 0 spiro atoms. The average Bonchev–Trinajstić information content (AvgIpc) is 3.10. The van der Waals surface area contributed by atoms with Crippen LogP contribution in [0.25, 0.3) is 5.69 Å². The van der Waals surface area contributed by atoms with E-state index in [4.69, 9.17) is 4.74 Å². The molecule has 6 heteroatoms. The Morgan fingerprint density at radius 1 is 1.38 bits per heavy atom. The Kier molecular flexibility index (Phi) is 3.86. The number of hydrogen-bond acceptors (Lipinski definition) is 3. The topological polar surface area (TPSA) is 39.9 Å². The molecule has 1 saturated carbocycles. The number of alkyl halides is 2. The number of aromatic nitrogens is 3. The number of nitrogens with zero attached hydrogens (tertiary/aromatic N) is 3. The second-order valence-electron chi connectivity index (χ2n) is 5.32. The molecule has 21 heavy (non-hydrogen) atoms. The standard InChI is InChI=1S/C15H17F2N3O/c16-15(17)7-2-3-12(15)6-8-21-14-5-1-4-13(9-14)20-11-18-10-19-20/h1,4-5,9-12H,2-3,6-8H2. The Hall–Kier alpha value is -1.98. The van der Waals surface area contributed by atoms with Crippen LogP contribution in [0, 0.1) is 5.92 Å². The Balaban J connectivity index is 1.57. The molecule has 1 aromatic heterocycles. The largest absolute Gasteiger partial charge is 0.494 e. The van der Waals surface area contributed by atoms with E-state index in [1.807, 2.05) is 24.3 Å². The number of rotatable bonds is 5. The second-order valence-corrected chi connectivity index (χ2v) is 5.32. The van der Waals surface area contributed by atoms with E-state index < -0.39 is 11.8 Å². The summed E-state index contributed by atoms with van der Waals surface area (Å²) in [5, 5.41) is 4.04. The fourth-order valence-electron chi connectivity index (χ4n) is 2.73. The van der Waals surface area contributed by atoms with Crippen LogP contribution in [-0.2, 0) is 0 Å². The first kappa shape index (κ1) is 14.0. The van der Waals surface area contributed by atoms with E-state index in [2.05, 4.69) is 10.1 Å². The van der Waals surface area contributed by atoms with Crippen molar-refractivity contribution in [2.45, 2.75) is 31.6 Å². The lowest BCUT2D eigenvalue weighted by Crippen LogP contribution is -2.23. The van der Waals surface area contributed by atoms with E-state index in [0.717, 1.165) is 5.69 Å². The minimum absolute atomic E-state index is 0.0133. The number of ether oxygens (including phenoxy) is 1. The summed E-state index contributed by atoms with van der Waals surface area (Å²) in [5.41, 5.74) is 0.830. The maximum atomic E-state index is 13.5. The molecule has 0 radical (unpaired) electrons. The SMILES string of the molecule is FC1(F)CCCC1CCOc1cccc(-n2cncn2)c1. The van der Waals surface area contributed by atoms with Gasteiger partial charge in [0, 0.05) is 18.4 Å². The van der Waals surface area contributed by atoms with Crippen LogP contribution < -0.4 is 4.74 Å². The van der Waals surface area contributed by atoms with Crippen LogP contribution >= 0.6 is 0 Å². The molecule has 1 unspecified atom stereocenters. The normalized spacial score (nSPS) is 20.6. The molecule has 0 bridgehead atoms. The Bertz CT molecular complexity index is 586. The summed E-state index contributed by atoms with van der Waals surface area (Å²) in [5.74, 6) is -2.41. The summed E-state index contributed by atoms with van der Waals surface area (Å²) < 4.78 is 34.2. The molecule has 0 aliphatic heterocycles. The fourth-order valence-corrected chi connectivity index (χ4v) is 2.73. The molecule has 3 rings (SSSR count). The van der Waals surface area contributed by atoms with Gasteiger partial charge in [0.1, 0.15) is 18.4 Å². The Morgan fingerprint density at radius 3 is 3.00 bits per heavy atom. The van der Waals surface area contributed by atoms with Gasteiger partial charge in [0.05, 0.1) is 12.3 Å². The number of benzene rings is 1. The first-order valence-corrected chi connectivity index (χ1v) is 7.11. The van der Waals surface area contributed by atoms with Crippen LogP contribution in [0.4, 0.5) is 8.78 Å². The van der Waals surface area contributed by atoms with Crippen molar-refractivity contribution >= 4 is 0 Å². The van der Waals surface area contributed by atoms with Crippen molar-refractivity contribution in [1.29, 1.82) is 0 Å². The van der Waals surface area contributed by atoms with Crippen LogP contribution in [0.5, 0.6) is 5.75 Å². The van der Waals surface area contributed by atoms with E-state index in [0.29, 0.717) is 31.6 Å². The van der Waals surface area contributed by atoms with Crippen molar-refractivity contribution in [2.24, 2.45) is 5.92 Å². The van der Waals surface area contributed by atoms with Crippen molar-refractivity contribution in [2.75, 3.05) is 6.61 Å². The molecule has 0 N–H and O–H groups in total. The van der Waals surface area contributed by atoms with Crippen LogP contribution in [0.15, 0.2) is 36.9 Å². The van der Waals surface area contributed by atoms with Crippen molar-refractivity contribution in [3.05, 3.63) is 36.9 Å². The molecule has 1 atom stereocenters. The monoisotopic (exact) mass is 293 g/mol. The molecule has 0 amide bonds. The van der Waals surface area contributed by atoms with Gasteiger partial charge in [-0.3, -0.25) is 0 Å². The summed E-state index contributed by atoms with van der Waals surface area (Å²) >= 11 is 0. The third-order valence-corrected chi connectivity index (χ3v) is 3.90. The van der Waals surface area contributed by atoms with Gasteiger partial charge in [-0.25, -0.2) is 18.4 Å². The second kappa shape index (κ2) is 5.79. The molecule has 2 aromatic rings. The van der Waals surface area contributed by atoms with Crippen LogP contribution in [0.2, 0.25) is 0 Å². The summed E-state index contributed by atoms with van der Waals surface area (Å²) in [6, 6.07) is 7.36. The quantitative estimate of drug-likeness (QED) is 0.847. The van der Waals surface area contributed by atoms with E-state index in [1.165, 1.54) is 6.33 Å². The highest BCUT2D eigenvalue weighted by atomic mass is 19.3. The van der Waals surface area contributed by atoms with Gasteiger partial charge in [0.2, 0.25) is 0 Å². The van der Waals surface area contributed by atoms with Crippen molar-refractivity contribution in [1.82, 2.24) is 14.8 Å². The molecule has 4 nitrogen and oxygen atoms in total. The first-order valence-electron chi connectivity index (χ1n) is 7.11. The van der Waals surface area contributed by atoms with Crippen LogP contribution in [-0.4, -0.2) is 27.3 Å². The third-order valence-electron chi connectivity index (χ3n) is 3.90. The van der Waals surface area contributed by atoms with Gasteiger partial charge in [0.25, 0.3) is 5.92 Å². The summed E-state index contributed by atoms with van der Waals surface area (Å²) in [6.07, 6.45) is 4.66. The predicted octanol–water partition coefficient (Wildman–Crippen LogP) is 3.47. The fraction of sp³-hybridized carbons (Fsp3) is 0.467. The molecular weight excluding hydrogens is 276 g/mol. The molecule has 1 aromatic carbocycles. The maximum absolute atomic E-state index is 13.5. The van der Waals surface area contributed by atoms with Gasteiger partial charge in [-0.2, -0.15) is 5.10 Å². The van der Waals surface area contributed by atoms with Gasteiger partial charge in [-0.05, 0) is 31.4 Å². The molecule has 112 valence electrons. The zero-order valence-corrected chi connectivity index (χ0v) is 11.6. The van der Waals surface area contributed by atoms with Crippen molar-refractivity contribution in [3.63, 3.8) is 0 Å². The summed E-state index contributed by atoms with van der Waals surface area (Å²) in [4.78, 5) is 3.89. The van der Waals surface area contributed by atoms with E-state index in [9.17, 15) is 8.78 Å². The van der Waals surface area contributed by atoms with Crippen LogP contribution in [0.3, 0.4) is 0 Å². The lowest BCUT2D eigenvalue weighted by molar-refractivity contribution is -0.0427. The first-order chi connectivity index (χ1) is 10.1. The minimum atomic E-state index is -2.52. The third kappa shape index (κ3) is 3.20. The Morgan fingerprint density at radius 2 is 2.29 bits per heavy atom. The van der Waals surface area contributed by atoms with Gasteiger partial charge in [-0.15, -0.1) is 0 Å². The van der Waals surface area contributed by atoms with Crippen molar-refractivity contribution in [3.8, 4) is 11.4 Å². The van der Waals surface area contributed by atoms with Crippen molar-refractivity contribution < 1.29 is 13.5 Å². The van der Waals surface area contributed by atoms with E-state index >= 15 is 0 Å².